The molecule has 1 fully saturated rings. The lowest BCUT2D eigenvalue weighted by Gasteiger charge is -2.33. The third kappa shape index (κ3) is 4.16. The molecular weight excluding hydrogens is 292 g/mol. The quantitative estimate of drug-likeness (QED) is 0.821. The van der Waals surface area contributed by atoms with Crippen LogP contribution in [-0.4, -0.2) is 16.3 Å². The van der Waals surface area contributed by atoms with Crippen LogP contribution in [0, 0.1) is 11.8 Å². The van der Waals surface area contributed by atoms with Gasteiger partial charge in [-0.15, -0.1) is 11.8 Å². The molecule has 2 rings (SSSR count). The first-order valence-corrected chi connectivity index (χ1v) is 8.51. The number of carbonyl (C=O) groups is 1. The highest BCUT2D eigenvalue weighted by molar-refractivity contribution is 8.00. The number of carboxylic acids is 1. The molecule has 0 aromatic heterocycles. The first kappa shape index (κ1) is 15.7. The molecule has 1 aliphatic carbocycles. The van der Waals surface area contributed by atoms with Crippen LogP contribution >= 0.6 is 23.4 Å². The van der Waals surface area contributed by atoms with E-state index >= 15 is 0 Å². The highest BCUT2D eigenvalue weighted by Crippen LogP contribution is 2.41. The Morgan fingerprint density at radius 3 is 2.65 bits per heavy atom. The molecule has 0 amide bonds. The van der Waals surface area contributed by atoms with Crippen molar-refractivity contribution in [2.24, 2.45) is 11.8 Å². The van der Waals surface area contributed by atoms with Crippen LogP contribution in [0.3, 0.4) is 0 Å². The third-order valence-corrected chi connectivity index (χ3v) is 5.64. The molecular formula is C16H21ClO2S. The highest BCUT2D eigenvalue weighted by Gasteiger charge is 2.35. The second-order valence-corrected chi connectivity index (χ2v) is 7.27. The number of hydrogen-bond donors (Lipinski definition) is 1. The lowest BCUT2D eigenvalue weighted by atomic mass is 9.80. The van der Waals surface area contributed by atoms with Crippen LogP contribution in [0.25, 0.3) is 0 Å². The van der Waals surface area contributed by atoms with Crippen LogP contribution in [0.4, 0.5) is 0 Å². The molecule has 1 N–H and O–H groups in total. The second kappa shape index (κ2) is 7.37. The molecule has 0 spiro atoms. The van der Waals surface area contributed by atoms with Crippen molar-refractivity contribution in [3.63, 3.8) is 0 Å². The number of aliphatic carboxylic acids is 1. The van der Waals surface area contributed by atoms with E-state index in [1.165, 1.54) is 12.8 Å². The van der Waals surface area contributed by atoms with E-state index in [1.54, 1.807) is 11.8 Å². The minimum Gasteiger partial charge on any atom is -0.481 e. The average molecular weight is 313 g/mol. The van der Waals surface area contributed by atoms with Crippen LogP contribution in [0.2, 0.25) is 5.02 Å². The minimum atomic E-state index is -0.647. The normalized spacial score (nSPS) is 26.4. The zero-order valence-electron chi connectivity index (χ0n) is 11.7. The van der Waals surface area contributed by atoms with E-state index in [0.717, 1.165) is 29.2 Å². The maximum atomic E-state index is 11.4. The Bertz CT molecular complexity index is 446. The van der Waals surface area contributed by atoms with Crippen molar-refractivity contribution in [3.8, 4) is 0 Å². The van der Waals surface area contributed by atoms with Gasteiger partial charge in [0.15, 0.2) is 0 Å². The fourth-order valence-electron chi connectivity index (χ4n) is 2.98. The zero-order valence-corrected chi connectivity index (χ0v) is 13.3. The Kier molecular flexibility index (Phi) is 5.79. The van der Waals surface area contributed by atoms with E-state index in [2.05, 4.69) is 6.92 Å². The van der Waals surface area contributed by atoms with Crippen molar-refractivity contribution in [2.75, 3.05) is 0 Å². The summed E-state index contributed by atoms with van der Waals surface area (Å²) >= 11 is 7.59. The Morgan fingerprint density at radius 1 is 1.35 bits per heavy atom. The Balaban J connectivity index is 2.06. The SMILES string of the molecule is CCCC1CCC(C(=O)O)C(Sc2ccc(Cl)cc2)C1. The van der Waals surface area contributed by atoms with Crippen LogP contribution in [0.1, 0.15) is 39.0 Å². The van der Waals surface area contributed by atoms with Crippen molar-refractivity contribution in [1.82, 2.24) is 0 Å². The number of carboxylic acid groups (broad SMARTS) is 1. The highest BCUT2D eigenvalue weighted by atomic mass is 35.5. The molecule has 0 heterocycles. The van der Waals surface area contributed by atoms with E-state index in [4.69, 9.17) is 11.6 Å². The largest absolute Gasteiger partial charge is 0.481 e. The van der Waals surface area contributed by atoms with Gasteiger partial charge in [-0.2, -0.15) is 0 Å². The van der Waals surface area contributed by atoms with Crippen molar-refractivity contribution in [3.05, 3.63) is 29.3 Å². The Hall–Kier alpha value is -0.670. The van der Waals surface area contributed by atoms with Gasteiger partial charge in [-0.05, 0) is 49.4 Å². The maximum absolute atomic E-state index is 11.4. The van der Waals surface area contributed by atoms with Gasteiger partial charge in [0, 0.05) is 15.2 Å². The number of halogens is 1. The number of benzene rings is 1. The van der Waals surface area contributed by atoms with Crippen LogP contribution in [0.5, 0.6) is 0 Å². The van der Waals surface area contributed by atoms with E-state index in [1.807, 2.05) is 24.3 Å². The topological polar surface area (TPSA) is 37.3 Å². The average Bonchev–Trinajstić information content (AvgIpc) is 2.42. The summed E-state index contributed by atoms with van der Waals surface area (Å²) in [4.78, 5) is 12.6. The summed E-state index contributed by atoms with van der Waals surface area (Å²) in [6.45, 7) is 2.20. The molecule has 0 radical (unpaired) electrons. The summed E-state index contributed by atoms with van der Waals surface area (Å²) in [5.41, 5.74) is 0. The first-order valence-electron chi connectivity index (χ1n) is 7.25. The number of hydrogen-bond acceptors (Lipinski definition) is 2. The predicted octanol–water partition coefficient (Wildman–Crippen LogP) is 5.10. The Labute approximate surface area is 129 Å². The van der Waals surface area contributed by atoms with Crippen LogP contribution in [0.15, 0.2) is 29.2 Å². The summed E-state index contributed by atoms with van der Waals surface area (Å²) in [6.07, 6.45) is 5.27. The van der Waals surface area contributed by atoms with Gasteiger partial charge in [-0.1, -0.05) is 31.4 Å². The molecule has 0 aliphatic heterocycles. The van der Waals surface area contributed by atoms with Crippen molar-refractivity contribution in [2.45, 2.75) is 49.2 Å². The van der Waals surface area contributed by atoms with Crippen LogP contribution < -0.4 is 0 Å². The summed E-state index contributed by atoms with van der Waals surface area (Å²) < 4.78 is 0. The molecule has 1 saturated carbocycles. The van der Waals surface area contributed by atoms with Gasteiger partial charge in [0.2, 0.25) is 0 Å². The van der Waals surface area contributed by atoms with E-state index in [0.29, 0.717) is 5.92 Å². The molecule has 2 nitrogen and oxygen atoms in total. The molecule has 1 aromatic carbocycles. The molecule has 4 heteroatoms. The van der Waals surface area contributed by atoms with E-state index in [-0.39, 0.29) is 11.2 Å². The molecule has 3 atom stereocenters. The summed E-state index contributed by atoms with van der Waals surface area (Å²) in [7, 11) is 0. The second-order valence-electron chi connectivity index (χ2n) is 5.52. The molecule has 0 bridgehead atoms. The monoisotopic (exact) mass is 312 g/mol. The van der Waals surface area contributed by atoms with E-state index in [9.17, 15) is 9.90 Å². The minimum absolute atomic E-state index is 0.180. The van der Waals surface area contributed by atoms with Gasteiger partial charge in [-0.3, -0.25) is 4.79 Å². The lowest BCUT2D eigenvalue weighted by molar-refractivity contribution is -0.142. The van der Waals surface area contributed by atoms with Crippen molar-refractivity contribution in [1.29, 1.82) is 0 Å². The number of rotatable bonds is 5. The molecule has 110 valence electrons. The third-order valence-electron chi connectivity index (χ3n) is 4.02. The smallest absolute Gasteiger partial charge is 0.307 e. The standard InChI is InChI=1S/C16H21ClO2S/c1-2-3-11-4-9-14(16(18)19)15(10-11)20-13-7-5-12(17)6-8-13/h5-8,11,14-15H,2-4,9-10H2,1H3,(H,18,19). The van der Waals surface area contributed by atoms with Crippen molar-refractivity contribution >= 4 is 29.3 Å². The fourth-order valence-corrected chi connectivity index (χ4v) is 4.54. The Morgan fingerprint density at radius 2 is 2.05 bits per heavy atom. The number of thioether (sulfide) groups is 1. The van der Waals surface area contributed by atoms with Crippen molar-refractivity contribution < 1.29 is 9.90 Å². The van der Waals surface area contributed by atoms with Gasteiger partial charge in [0.1, 0.15) is 0 Å². The van der Waals surface area contributed by atoms with Gasteiger partial charge >= 0.3 is 5.97 Å². The molecule has 0 saturated heterocycles. The molecule has 1 aromatic rings. The molecule has 1 aliphatic rings. The predicted molar refractivity (Wildman–Crippen MR) is 84.5 cm³/mol. The maximum Gasteiger partial charge on any atom is 0.307 e. The first-order chi connectivity index (χ1) is 9.60. The van der Waals surface area contributed by atoms with Gasteiger partial charge in [0.25, 0.3) is 0 Å². The van der Waals surface area contributed by atoms with Gasteiger partial charge < -0.3 is 5.11 Å². The molecule has 3 unspecified atom stereocenters. The van der Waals surface area contributed by atoms with E-state index < -0.39 is 5.97 Å². The van der Waals surface area contributed by atoms with Gasteiger partial charge in [-0.25, -0.2) is 0 Å². The van der Waals surface area contributed by atoms with Gasteiger partial charge in [0.05, 0.1) is 5.92 Å². The van der Waals surface area contributed by atoms with Crippen LogP contribution in [-0.2, 0) is 4.79 Å². The lowest BCUT2D eigenvalue weighted by Crippen LogP contribution is -2.32. The fraction of sp³-hybridized carbons (Fsp3) is 0.562. The summed E-state index contributed by atoms with van der Waals surface area (Å²) in [5, 5.41) is 10.3. The summed E-state index contributed by atoms with van der Waals surface area (Å²) in [6, 6.07) is 7.70. The summed E-state index contributed by atoms with van der Waals surface area (Å²) in [5.74, 6) is -0.185. The molecule has 20 heavy (non-hydrogen) atoms. The zero-order chi connectivity index (χ0) is 14.5.